The Morgan fingerprint density at radius 2 is 1.09 bits per heavy atom. The van der Waals surface area contributed by atoms with Gasteiger partial charge in [-0.15, -0.1) is 0 Å². The molecule has 0 aliphatic carbocycles. The molecule has 0 fully saturated rings. The molecule has 1 unspecified atom stereocenters. The number of nitrogens with one attached hydrogen (secondary N) is 1. The second kappa shape index (κ2) is 12.3. The van der Waals surface area contributed by atoms with Crippen molar-refractivity contribution in [3.63, 3.8) is 0 Å². The molecule has 1 radical (unpaired) electrons. The molecule has 0 aromatic rings. The van der Waals surface area contributed by atoms with E-state index in [4.69, 9.17) is 5.73 Å². The molecule has 0 bridgehead atoms. The van der Waals surface area contributed by atoms with E-state index < -0.39 is 0 Å². The van der Waals surface area contributed by atoms with Crippen molar-refractivity contribution in [3.8, 4) is 0 Å². The van der Waals surface area contributed by atoms with E-state index in [2.05, 4.69) is 41.5 Å². The summed E-state index contributed by atoms with van der Waals surface area (Å²) >= 11 is 0. The third kappa shape index (κ3) is 16.6. The standard InChI is InChI=1S/C22H46N/c1-7-8-9-10-11-12-13-14-15-16-17-22(5,6)19-20(23)18-21(2,3)4/h20,23H,7-19H2,1-6H3. The van der Waals surface area contributed by atoms with Gasteiger partial charge in [0, 0.05) is 6.04 Å². The van der Waals surface area contributed by atoms with Crippen LogP contribution in [0.4, 0.5) is 0 Å². The molecule has 0 amide bonds. The number of hydrogen-bond donors (Lipinski definition) is 0. The first kappa shape index (κ1) is 23.0. The predicted octanol–water partition coefficient (Wildman–Crippen LogP) is 7.80. The Hall–Kier alpha value is -0.0400. The average Bonchev–Trinajstić information content (AvgIpc) is 2.37. The van der Waals surface area contributed by atoms with Crippen molar-refractivity contribution >= 4 is 0 Å². The molecular formula is C22H46N. The number of unbranched alkanes of at least 4 members (excludes halogenated alkanes) is 9. The fourth-order valence-corrected chi connectivity index (χ4v) is 3.67. The van der Waals surface area contributed by atoms with Gasteiger partial charge in [0.2, 0.25) is 0 Å². The molecule has 139 valence electrons. The maximum absolute atomic E-state index is 8.32. The van der Waals surface area contributed by atoms with E-state index in [9.17, 15) is 0 Å². The number of rotatable bonds is 14. The highest BCUT2D eigenvalue weighted by molar-refractivity contribution is 4.79. The van der Waals surface area contributed by atoms with Gasteiger partial charge in [-0.1, -0.05) is 106 Å². The van der Waals surface area contributed by atoms with E-state index in [1.807, 2.05) is 0 Å². The van der Waals surface area contributed by atoms with Crippen LogP contribution in [-0.2, 0) is 0 Å². The quantitative estimate of drug-likeness (QED) is 0.291. The highest BCUT2D eigenvalue weighted by Gasteiger charge is 2.24. The highest BCUT2D eigenvalue weighted by Crippen LogP contribution is 2.33. The fourth-order valence-electron chi connectivity index (χ4n) is 3.67. The van der Waals surface area contributed by atoms with Crippen LogP contribution in [0.3, 0.4) is 0 Å². The second-order valence-electron chi connectivity index (χ2n) is 9.76. The monoisotopic (exact) mass is 324 g/mol. The minimum atomic E-state index is 0.105. The molecule has 0 aliphatic heterocycles. The van der Waals surface area contributed by atoms with Crippen molar-refractivity contribution < 1.29 is 0 Å². The van der Waals surface area contributed by atoms with Crippen LogP contribution in [0, 0.1) is 10.8 Å². The highest BCUT2D eigenvalue weighted by atomic mass is 14.6. The van der Waals surface area contributed by atoms with Gasteiger partial charge in [0.05, 0.1) is 0 Å². The lowest BCUT2D eigenvalue weighted by molar-refractivity contribution is 0.230. The Morgan fingerprint density at radius 3 is 1.52 bits per heavy atom. The van der Waals surface area contributed by atoms with E-state index in [1.54, 1.807) is 0 Å². The summed E-state index contributed by atoms with van der Waals surface area (Å²) in [6, 6.07) is 0.105. The van der Waals surface area contributed by atoms with Crippen LogP contribution in [0.1, 0.15) is 125 Å². The summed E-state index contributed by atoms with van der Waals surface area (Å²) in [6.45, 7) is 13.8. The molecule has 0 saturated heterocycles. The minimum Gasteiger partial charge on any atom is -0.254 e. The zero-order valence-corrected chi connectivity index (χ0v) is 17.3. The second-order valence-corrected chi connectivity index (χ2v) is 9.76. The van der Waals surface area contributed by atoms with Crippen molar-refractivity contribution in [2.45, 2.75) is 131 Å². The maximum atomic E-state index is 8.32. The van der Waals surface area contributed by atoms with Gasteiger partial charge >= 0.3 is 0 Å². The lowest BCUT2D eigenvalue weighted by Gasteiger charge is -2.30. The van der Waals surface area contributed by atoms with Gasteiger partial charge in [-0.2, -0.15) is 0 Å². The van der Waals surface area contributed by atoms with E-state index >= 15 is 0 Å². The van der Waals surface area contributed by atoms with Gasteiger partial charge in [0.25, 0.3) is 0 Å². The molecule has 1 N–H and O–H groups in total. The van der Waals surface area contributed by atoms with Crippen LogP contribution in [0.25, 0.3) is 0 Å². The molecule has 1 heteroatoms. The molecule has 0 rings (SSSR count). The Kier molecular flexibility index (Phi) is 12.3. The number of hydrogen-bond acceptors (Lipinski definition) is 0. The van der Waals surface area contributed by atoms with E-state index in [-0.39, 0.29) is 6.04 Å². The lowest BCUT2D eigenvalue weighted by atomic mass is 9.77. The van der Waals surface area contributed by atoms with Crippen molar-refractivity contribution in [2.24, 2.45) is 10.8 Å². The minimum absolute atomic E-state index is 0.105. The van der Waals surface area contributed by atoms with E-state index in [0.717, 1.165) is 12.8 Å². The summed E-state index contributed by atoms with van der Waals surface area (Å²) in [4.78, 5) is 0. The van der Waals surface area contributed by atoms with Crippen molar-refractivity contribution in [2.75, 3.05) is 0 Å². The van der Waals surface area contributed by atoms with Gasteiger partial charge in [-0.25, -0.2) is 0 Å². The normalized spacial score (nSPS) is 14.2. The van der Waals surface area contributed by atoms with Crippen LogP contribution in [0.2, 0.25) is 0 Å². The molecule has 1 nitrogen and oxygen atoms in total. The molecule has 0 aromatic carbocycles. The third-order valence-electron chi connectivity index (χ3n) is 4.86. The van der Waals surface area contributed by atoms with Gasteiger partial charge in [0.15, 0.2) is 0 Å². The summed E-state index contributed by atoms with van der Waals surface area (Å²) < 4.78 is 0. The lowest BCUT2D eigenvalue weighted by Crippen LogP contribution is -2.26. The van der Waals surface area contributed by atoms with Crippen LogP contribution in [0.15, 0.2) is 0 Å². The first-order valence-electron chi connectivity index (χ1n) is 10.4. The van der Waals surface area contributed by atoms with Gasteiger partial charge < -0.3 is 0 Å². The Bertz CT molecular complexity index is 262. The summed E-state index contributed by atoms with van der Waals surface area (Å²) in [5.41, 5.74) is 8.96. The summed E-state index contributed by atoms with van der Waals surface area (Å²) in [5.74, 6) is 0. The molecule has 1 atom stereocenters. The summed E-state index contributed by atoms with van der Waals surface area (Å²) in [5, 5.41) is 0. The Morgan fingerprint density at radius 1 is 0.652 bits per heavy atom. The SMILES string of the molecule is CCCCCCCCCCCCC(C)(C)CC([NH])CC(C)(C)C. The maximum Gasteiger partial charge on any atom is 0.0223 e. The van der Waals surface area contributed by atoms with Gasteiger partial charge in [-0.05, 0) is 30.1 Å². The summed E-state index contributed by atoms with van der Waals surface area (Å²) in [6.07, 6.45) is 17.5. The van der Waals surface area contributed by atoms with Crippen LogP contribution in [0.5, 0.6) is 0 Å². The van der Waals surface area contributed by atoms with Crippen LogP contribution in [-0.4, -0.2) is 6.04 Å². The fraction of sp³-hybridized carbons (Fsp3) is 1.00. The van der Waals surface area contributed by atoms with E-state index in [0.29, 0.717) is 10.8 Å². The molecular weight excluding hydrogens is 278 g/mol. The largest absolute Gasteiger partial charge is 0.254 e. The molecule has 0 aliphatic rings. The van der Waals surface area contributed by atoms with Crippen molar-refractivity contribution in [3.05, 3.63) is 0 Å². The molecule has 0 heterocycles. The average molecular weight is 325 g/mol. The zero-order valence-electron chi connectivity index (χ0n) is 17.3. The van der Waals surface area contributed by atoms with Gasteiger partial charge in [0.1, 0.15) is 0 Å². The third-order valence-corrected chi connectivity index (χ3v) is 4.86. The molecule has 0 saturated carbocycles. The first-order valence-corrected chi connectivity index (χ1v) is 10.4. The van der Waals surface area contributed by atoms with Crippen molar-refractivity contribution in [1.82, 2.24) is 5.73 Å². The predicted molar refractivity (Wildman–Crippen MR) is 106 cm³/mol. The summed E-state index contributed by atoms with van der Waals surface area (Å²) in [7, 11) is 0. The van der Waals surface area contributed by atoms with Crippen LogP contribution >= 0.6 is 0 Å². The molecule has 23 heavy (non-hydrogen) atoms. The smallest absolute Gasteiger partial charge is 0.0223 e. The van der Waals surface area contributed by atoms with Crippen molar-refractivity contribution in [1.29, 1.82) is 0 Å². The zero-order chi connectivity index (χ0) is 17.8. The van der Waals surface area contributed by atoms with E-state index in [1.165, 1.54) is 70.6 Å². The van der Waals surface area contributed by atoms with Crippen LogP contribution < -0.4 is 5.73 Å². The van der Waals surface area contributed by atoms with Gasteiger partial charge in [-0.3, -0.25) is 5.73 Å². The Labute approximate surface area is 148 Å². The molecule has 0 aromatic heterocycles. The topological polar surface area (TPSA) is 23.8 Å². The Balaban J connectivity index is 3.59. The molecule has 0 spiro atoms. The first-order chi connectivity index (χ1) is 10.7.